The molecule has 1 rings (SSSR count). The average Bonchev–Trinajstić information content (AvgIpc) is 2.67. The van der Waals surface area contributed by atoms with Crippen LogP contribution in [-0.2, 0) is 0 Å². The molecular weight excluding hydrogens is 190 g/mol. The van der Waals surface area contributed by atoms with Crippen LogP contribution in [0.5, 0.6) is 0 Å². The van der Waals surface area contributed by atoms with Gasteiger partial charge >= 0.3 is 0 Å². The first kappa shape index (κ1) is 12.3. The van der Waals surface area contributed by atoms with Gasteiger partial charge in [-0.15, -0.1) is 0 Å². The van der Waals surface area contributed by atoms with Gasteiger partial charge in [0.2, 0.25) is 0 Å². The molecule has 3 heteroatoms. The van der Waals surface area contributed by atoms with Gasteiger partial charge in [-0.1, -0.05) is 13.3 Å². The number of rotatable bonds is 6. The Kier molecular flexibility index (Phi) is 4.36. The van der Waals surface area contributed by atoms with Crippen molar-refractivity contribution < 1.29 is 9.52 Å². The van der Waals surface area contributed by atoms with E-state index in [9.17, 15) is 5.11 Å². The number of β-amino-alcohol motifs (C(OH)–C–C–N with tert-alkyl or cyclic N) is 1. The Bertz CT molecular complexity index is 267. The van der Waals surface area contributed by atoms with E-state index in [0.29, 0.717) is 12.3 Å². The Morgan fingerprint density at radius 1 is 1.53 bits per heavy atom. The molecule has 0 saturated heterocycles. The summed E-state index contributed by atoms with van der Waals surface area (Å²) in [5, 5.41) is 13.1. The molecule has 15 heavy (non-hydrogen) atoms. The predicted molar refractivity (Wildman–Crippen MR) is 60.7 cm³/mol. The van der Waals surface area contributed by atoms with Gasteiger partial charge in [0.1, 0.15) is 11.9 Å². The summed E-state index contributed by atoms with van der Waals surface area (Å²) in [4.78, 5) is 0. The summed E-state index contributed by atoms with van der Waals surface area (Å²) in [5.41, 5.74) is 0.0717. The third-order valence-electron chi connectivity index (χ3n) is 2.52. The fourth-order valence-corrected chi connectivity index (χ4v) is 1.67. The lowest BCUT2D eigenvalue weighted by Crippen LogP contribution is -2.41. The van der Waals surface area contributed by atoms with Crippen molar-refractivity contribution in [1.82, 2.24) is 5.32 Å². The van der Waals surface area contributed by atoms with Crippen molar-refractivity contribution in [2.45, 2.75) is 45.3 Å². The third-order valence-corrected chi connectivity index (χ3v) is 2.52. The number of furan rings is 1. The zero-order valence-electron chi connectivity index (χ0n) is 9.79. The van der Waals surface area contributed by atoms with Crippen LogP contribution in [0.3, 0.4) is 0 Å². The lowest BCUT2D eigenvalue weighted by atomic mass is 9.98. The quantitative estimate of drug-likeness (QED) is 0.760. The highest BCUT2D eigenvalue weighted by molar-refractivity contribution is 5.02. The van der Waals surface area contributed by atoms with Crippen LogP contribution in [0.4, 0.5) is 0 Å². The van der Waals surface area contributed by atoms with Gasteiger partial charge in [0, 0.05) is 12.1 Å². The van der Waals surface area contributed by atoms with Crippen LogP contribution in [0.15, 0.2) is 22.8 Å². The van der Waals surface area contributed by atoms with Gasteiger partial charge in [0.15, 0.2) is 0 Å². The normalized spacial score (nSPS) is 14.1. The van der Waals surface area contributed by atoms with Gasteiger partial charge in [-0.2, -0.15) is 0 Å². The molecule has 0 radical (unpaired) electrons. The van der Waals surface area contributed by atoms with Crippen molar-refractivity contribution in [3.05, 3.63) is 24.2 Å². The van der Waals surface area contributed by atoms with E-state index in [1.165, 1.54) is 0 Å². The predicted octanol–water partition coefficient (Wildman–Crippen LogP) is 2.48. The van der Waals surface area contributed by atoms with Crippen molar-refractivity contribution in [2.75, 3.05) is 6.54 Å². The lowest BCUT2D eigenvalue weighted by Gasteiger charge is -2.26. The molecule has 0 saturated carbocycles. The standard InChI is InChI=1S/C12H21NO2/c1-4-7-12(2,3)13-9-10(14)11-6-5-8-15-11/h5-6,8,10,13-14H,4,7,9H2,1-3H3. The Hall–Kier alpha value is -0.800. The van der Waals surface area contributed by atoms with E-state index < -0.39 is 6.10 Å². The second-order valence-electron chi connectivity index (χ2n) is 4.55. The van der Waals surface area contributed by atoms with E-state index in [2.05, 4.69) is 26.1 Å². The van der Waals surface area contributed by atoms with Crippen LogP contribution in [0.1, 0.15) is 45.5 Å². The van der Waals surface area contributed by atoms with Gasteiger partial charge in [-0.05, 0) is 32.4 Å². The molecule has 0 amide bonds. The van der Waals surface area contributed by atoms with Gasteiger partial charge in [0.05, 0.1) is 6.26 Å². The van der Waals surface area contributed by atoms with Crippen LogP contribution in [-0.4, -0.2) is 17.2 Å². The fourth-order valence-electron chi connectivity index (χ4n) is 1.67. The summed E-state index contributed by atoms with van der Waals surface area (Å²) in [6.07, 6.45) is 3.25. The van der Waals surface area contributed by atoms with E-state index in [1.807, 2.05) is 0 Å². The first-order valence-electron chi connectivity index (χ1n) is 5.51. The SMILES string of the molecule is CCCC(C)(C)NCC(O)c1ccco1. The monoisotopic (exact) mass is 211 g/mol. The molecule has 0 aliphatic rings. The maximum Gasteiger partial charge on any atom is 0.133 e. The van der Waals surface area contributed by atoms with Crippen molar-refractivity contribution >= 4 is 0 Å². The summed E-state index contributed by atoms with van der Waals surface area (Å²) >= 11 is 0. The molecule has 0 aliphatic heterocycles. The van der Waals surface area contributed by atoms with Crippen molar-refractivity contribution in [3.63, 3.8) is 0 Å². The topological polar surface area (TPSA) is 45.4 Å². The second kappa shape index (κ2) is 5.33. The molecule has 0 bridgehead atoms. The number of aliphatic hydroxyl groups excluding tert-OH is 1. The molecule has 2 N–H and O–H groups in total. The zero-order valence-corrected chi connectivity index (χ0v) is 9.79. The van der Waals surface area contributed by atoms with E-state index in [0.717, 1.165) is 12.8 Å². The highest BCUT2D eigenvalue weighted by Crippen LogP contribution is 2.15. The summed E-state index contributed by atoms with van der Waals surface area (Å²) in [6, 6.07) is 3.58. The molecule has 0 aliphatic carbocycles. The van der Waals surface area contributed by atoms with Crippen molar-refractivity contribution in [2.24, 2.45) is 0 Å². The van der Waals surface area contributed by atoms with Gasteiger partial charge < -0.3 is 14.8 Å². The summed E-state index contributed by atoms with van der Waals surface area (Å²) in [6.45, 7) is 6.98. The van der Waals surface area contributed by atoms with Crippen LogP contribution in [0.25, 0.3) is 0 Å². The molecule has 1 heterocycles. The maximum absolute atomic E-state index is 9.78. The Morgan fingerprint density at radius 2 is 2.27 bits per heavy atom. The minimum absolute atomic E-state index is 0.0717. The second-order valence-corrected chi connectivity index (χ2v) is 4.55. The highest BCUT2D eigenvalue weighted by atomic mass is 16.4. The van der Waals surface area contributed by atoms with E-state index >= 15 is 0 Å². The van der Waals surface area contributed by atoms with Crippen LogP contribution in [0.2, 0.25) is 0 Å². The maximum atomic E-state index is 9.78. The zero-order chi connectivity index (χ0) is 11.3. The Labute approximate surface area is 91.5 Å². The highest BCUT2D eigenvalue weighted by Gasteiger charge is 2.18. The first-order chi connectivity index (χ1) is 7.05. The molecule has 1 aromatic rings. The molecule has 3 nitrogen and oxygen atoms in total. The Morgan fingerprint density at radius 3 is 2.80 bits per heavy atom. The smallest absolute Gasteiger partial charge is 0.133 e. The minimum Gasteiger partial charge on any atom is -0.467 e. The fraction of sp³-hybridized carbons (Fsp3) is 0.667. The third kappa shape index (κ3) is 4.06. The van der Waals surface area contributed by atoms with Crippen molar-refractivity contribution in [1.29, 1.82) is 0 Å². The van der Waals surface area contributed by atoms with Crippen LogP contribution in [0, 0.1) is 0 Å². The molecule has 0 fully saturated rings. The van der Waals surface area contributed by atoms with Crippen LogP contribution >= 0.6 is 0 Å². The first-order valence-corrected chi connectivity index (χ1v) is 5.51. The average molecular weight is 211 g/mol. The molecule has 1 unspecified atom stereocenters. The molecule has 1 aromatic heterocycles. The van der Waals surface area contributed by atoms with Crippen molar-refractivity contribution in [3.8, 4) is 0 Å². The summed E-state index contributed by atoms with van der Waals surface area (Å²) in [5.74, 6) is 0.620. The van der Waals surface area contributed by atoms with E-state index in [4.69, 9.17) is 4.42 Å². The number of nitrogens with one attached hydrogen (secondary N) is 1. The molecule has 86 valence electrons. The van der Waals surface area contributed by atoms with Gasteiger partial charge in [-0.3, -0.25) is 0 Å². The number of hydrogen-bond donors (Lipinski definition) is 2. The molecular formula is C12H21NO2. The van der Waals surface area contributed by atoms with Gasteiger partial charge in [0.25, 0.3) is 0 Å². The summed E-state index contributed by atoms with van der Waals surface area (Å²) in [7, 11) is 0. The largest absolute Gasteiger partial charge is 0.467 e. The van der Waals surface area contributed by atoms with E-state index in [1.54, 1.807) is 18.4 Å². The lowest BCUT2D eigenvalue weighted by molar-refractivity contribution is 0.135. The molecule has 0 aromatic carbocycles. The number of aliphatic hydroxyl groups is 1. The molecule has 0 spiro atoms. The number of hydrogen-bond acceptors (Lipinski definition) is 3. The Balaban J connectivity index is 2.37. The minimum atomic E-state index is -0.559. The van der Waals surface area contributed by atoms with E-state index in [-0.39, 0.29) is 5.54 Å². The summed E-state index contributed by atoms with van der Waals surface area (Å²) < 4.78 is 5.13. The van der Waals surface area contributed by atoms with Crippen LogP contribution < -0.4 is 5.32 Å². The van der Waals surface area contributed by atoms with Gasteiger partial charge in [-0.25, -0.2) is 0 Å². The molecule has 1 atom stereocenters.